The molecular weight excluding hydrogens is 438 g/mol. The third-order valence-electron chi connectivity index (χ3n) is 7.01. The number of hydrogen-bond donors (Lipinski definition) is 1. The number of rotatable bonds is 5. The van der Waals surface area contributed by atoms with E-state index in [-0.39, 0.29) is 5.91 Å². The summed E-state index contributed by atoms with van der Waals surface area (Å²) in [4.78, 5) is 14.3. The van der Waals surface area contributed by atoms with Crippen LogP contribution in [0, 0.1) is 11.3 Å². The number of benzene rings is 2. The minimum absolute atomic E-state index is 0.115. The number of carbonyl (C=O) groups excluding carboxylic acids is 1. The molecule has 34 heavy (non-hydrogen) atoms. The van der Waals surface area contributed by atoms with Gasteiger partial charge in [-0.1, -0.05) is 69.3 Å². The standard InChI is InChI=1S/C29H31N3OS/c1-29(2,3)22-13-14-24-25(19-34-27(24)15-22)28(33)31-30-16-21-18-32(17-20-9-5-4-6-10-20)26-12-8-7-11-23(21)26/h4-12,16,18-19,22H,13-15,17H2,1-3H3,(H,31,33)/b30-16-/t22-/m1/s1. The van der Waals surface area contributed by atoms with E-state index in [1.165, 1.54) is 16.0 Å². The molecule has 1 N–H and O–H groups in total. The highest BCUT2D eigenvalue weighted by Gasteiger charge is 2.31. The van der Waals surface area contributed by atoms with Gasteiger partial charge in [-0.15, -0.1) is 11.3 Å². The summed E-state index contributed by atoms with van der Waals surface area (Å²) in [5.74, 6) is 0.553. The zero-order valence-corrected chi connectivity index (χ0v) is 20.9. The molecule has 2 aromatic carbocycles. The van der Waals surface area contributed by atoms with Crippen LogP contribution in [-0.2, 0) is 19.4 Å². The fourth-order valence-electron chi connectivity index (χ4n) is 4.95. The van der Waals surface area contributed by atoms with Crippen LogP contribution in [0.25, 0.3) is 10.9 Å². The largest absolute Gasteiger partial charge is 0.342 e. The maximum Gasteiger partial charge on any atom is 0.272 e. The molecule has 2 heterocycles. The van der Waals surface area contributed by atoms with Gasteiger partial charge < -0.3 is 4.57 Å². The zero-order valence-electron chi connectivity index (χ0n) is 20.0. The average molecular weight is 470 g/mol. The number of nitrogens with zero attached hydrogens (tertiary/aromatic N) is 2. The first-order valence-electron chi connectivity index (χ1n) is 11.9. The van der Waals surface area contributed by atoms with Crippen LogP contribution in [0.1, 0.15) is 59.1 Å². The Morgan fingerprint density at radius 3 is 2.71 bits per heavy atom. The first kappa shape index (κ1) is 22.6. The Hall–Kier alpha value is -3.18. The zero-order chi connectivity index (χ0) is 23.7. The molecule has 1 aliphatic carbocycles. The van der Waals surface area contributed by atoms with Crippen LogP contribution in [-0.4, -0.2) is 16.7 Å². The van der Waals surface area contributed by atoms with Crippen molar-refractivity contribution in [1.82, 2.24) is 9.99 Å². The molecule has 4 aromatic rings. The molecule has 0 aliphatic heterocycles. The fourth-order valence-corrected chi connectivity index (χ4v) is 6.11. The maximum atomic E-state index is 12.9. The molecule has 5 rings (SSSR count). The fraction of sp³-hybridized carbons (Fsp3) is 0.310. The van der Waals surface area contributed by atoms with Crippen molar-refractivity contribution >= 4 is 34.4 Å². The van der Waals surface area contributed by atoms with Gasteiger partial charge in [-0.05, 0) is 47.8 Å². The van der Waals surface area contributed by atoms with E-state index in [0.717, 1.165) is 47.8 Å². The van der Waals surface area contributed by atoms with Gasteiger partial charge in [0.1, 0.15) is 0 Å². The smallest absolute Gasteiger partial charge is 0.272 e. The molecule has 5 heteroatoms. The minimum atomic E-state index is -0.115. The molecule has 1 atom stereocenters. The summed E-state index contributed by atoms with van der Waals surface area (Å²) in [5, 5.41) is 7.47. The lowest BCUT2D eigenvalue weighted by Gasteiger charge is -2.33. The summed E-state index contributed by atoms with van der Waals surface area (Å²) >= 11 is 1.72. The van der Waals surface area contributed by atoms with Gasteiger partial charge in [0, 0.05) is 39.5 Å². The average Bonchev–Trinajstić information content (AvgIpc) is 3.41. The number of carbonyl (C=O) groups is 1. The second kappa shape index (κ2) is 9.22. The molecule has 0 saturated carbocycles. The number of nitrogens with one attached hydrogen (secondary N) is 1. The Morgan fingerprint density at radius 2 is 1.91 bits per heavy atom. The summed E-state index contributed by atoms with van der Waals surface area (Å²) in [6, 6.07) is 18.7. The molecule has 0 fully saturated rings. The molecule has 2 aromatic heterocycles. The van der Waals surface area contributed by atoms with E-state index >= 15 is 0 Å². The Labute approximate surface area is 205 Å². The van der Waals surface area contributed by atoms with Gasteiger partial charge >= 0.3 is 0 Å². The van der Waals surface area contributed by atoms with E-state index in [2.05, 4.69) is 84.5 Å². The van der Waals surface area contributed by atoms with Crippen molar-refractivity contribution in [1.29, 1.82) is 0 Å². The van der Waals surface area contributed by atoms with Crippen LogP contribution in [0.5, 0.6) is 0 Å². The van der Waals surface area contributed by atoms with Crippen molar-refractivity contribution in [3.05, 3.63) is 93.3 Å². The van der Waals surface area contributed by atoms with Crippen molar-refractivity contribution in [2.75, 3.05) is 0 Å². The van der Waals surface area contributed by atoms with E-state index < -0.39 is 0 Å². The minimum Gasteiger partial charge on any atom is -0.342 e. The van der Waals surface area contributed by atoms with Crippen LogP contribution in [0.4, 0.5) is 0 Å². The van der Waals surface area contributed by atoms with E-state index in [1.807, 2.05) is 17.5 Å². The quantitative estimate of drug-likeness (QED) is 0.258. The number of hydrazone groups is 1. The van der Waals surface area contributed by atoms with Crippen molar-refractivity contribution in [2.24, 2.45) is 16.4 Å². The summed E-state index contributed by atoms with van der Waals surface area (Å²) in [6.07, 6.45) is 7.04. The predicted molar refractivity (Wildman–Crippen MR) is 142 cm³/mol. The number of para-hydroxylation sites is 1. The van der Waals surface area contributed by atoms with Gasteiger partial charge in [0.2, 0.25) is 0 Å². The van der Waals surface area contributed by atoms with Gasteiger partial charge in [-0.3, -0.25) is 4.79 Å². The molecule has 1 aliphatic rings. The summed E-state index contributed by atoms with van der Waals surface area (Å²) in [6.45, 7) is 7.73. The van der Waals surface area contributed by atoms with Gasteiger partial charge in [0.25, 0.3) is 5.91 Å². The van der Waals surface area contributed by atoms with Crippen LogP contribution >= 0.6 is 11.3 Å². The first-order valence-corrected chi connectivity index (χ1v) is 12.8. The number of fused-ring (bicyclic) bond motifs is 2. The van der Waals surface area contributed by atoms with E-state index in [1.54, 1.807) is 17.6 Å². The first-order chi connectivity index (χ1) is 16.4. The predicted octanol–water partition coefficient (Wildman–Crippen LogP) is 6.67. The molecule has 174 valence electrons. The SMILES string of the molecule is CC(C)(C)[C@@H]1CCc2c(C(=O)N/N=C\c3cn(Cc4ccccc4)c4ccccc34)csc2C1. The molecule has 0 spiro atoms. The molecule has 0 radical (unpaired) electrons. The van der Waals surface area contributed by atoms with Gasteiger partial charge in [0.15, 0.2) is 0 Å². The van der Waals surface area contributed by atoms with Crippen molar-refractivity contribution in [2.45, 2.75) is 46.6 Å². The van der Waals surface area contributed by atoms with Crippen molar-refractivity contribution < 1.29 is 4.79 Å². The lowest BCUT2D eigenvalue weighted by Crippen LogP contribution is -2.27. The molecule has 0 saturated heterocycles. The summed E-state index contributed by atoms with van der Waals surface area (Å²) in [5.41, 5.74) is 8.48. The van der Waals surface area contributed by atoms with Crippen molar-refractivity contribution in [3.63, 3.8) is 0 Å². The topological polar surface area (TPSA) is 46.4 Å². The van der Waals surface area contributed by atoms with E-state index in [9.17, 15) is 4.79 Å². The van der Waals surface area contributed by atoms with Crippen molar-refractivity contribution in [3.8, 4) is 0 Å². The lowest BCUT2D eigenvalue weighted by molar-refractivity contribution is 0.0954. The molecule has 1 amide bonds. The molecule has 0 bridgehead atoms. The van der Waals surface area contributed by atoms with Gasteiger partial charge in [-0.25, -0.2) is 5.43 Å². The highest BCUT2D eigenvalue weighted by molar-refractivity contribution is 7.10. The second-order valence-corrected chi connectivity index (χ2v) is 11.2. The van der Waals surface area contributed by atoms with E-state index in [4.69, 9.17) is 0 Å². The van der Waals surface area contributed by atoms with Crippen LogP contribution in [0.3, 0.4) is 0 Å². The number of aromatic nitrogens is 1. The normalized spacial score (nSPS) is 16.1. The van der Waals surface area contributed by atoms with Crippen LogP contribution in [0.2, 0.25) is 0 Å². The summed E-state index contributed by atoms with van der Waals surface area (Å²) < 4.78 is 2.23. The monoisotopic (exact) mass is 469 g/mol. The third-order valence-corrected chi connectivity index (χ3v) is 8.06. The van der Waals surface area contributed by atoms with Crippen LogP contribution in [0.15, 0.2) is 71.3 Å². The third kappa shape index (κ3) is 4.58. The Kier molecular flexibility index (Phi) is 6.13. The number of amides is 1. The highest BCUT2D eigenvalue weighted by atomic mass is 32.1. The Balaban J connectivity index is 1.32. The Morgan fingerprint density at radius 1 is 1.15 bits per heavy atom. The molecular formula is C29H31N3OS. The lowest BCUT2D eigenvalue weighted by atomic mass is 9.72. The highest BCUT2D eigenvalue weighted by Crippen LogP contribution is 2.40. The number of thiophene rings is 1. The van der Waals surface area contributed by atoms with Gasteiger partial charge in [0.05, 0.1) is 11.8 Å². The van der Waals surface area contributed by atoms with E-state index in [0.29, 0.717) is 11.3 Å². The Bertz CT molecular complexity index is 1340. The number of hydrogen-bond acceptors (Lipinski definition) is 3. The molecule has 4 nitrogen and oxygen atoms in total. The van der Waals surface area contributed by atoms with Gasteiger partial charge in [-0.2, -0.15) is 5.10 Å². The summed E-state index contributed by atoms with van der Waals surface area (Å²) in [7, 11) is 0. The molecule has 0 unspecified atom stereocenters. The van der Waals surface area contributed by atoms with Crippen LogP contribution < -0.4 is 5.43 Å². The maximum absolute atomic E-state index is 12.9. The second-order valence-electron chi connectivity index (χ2n) is 10.3.